The van der Waals surface area contributed by atoms with Crippen molar-refractivity contribution < 1.29 is 17.6 Å². The lowest BCUT2D eigenvalue weighted by atomic mass is 10.2. The van der Waals surface area contributed by atoms with E-state index in [1.807, 2.05) is 0 Å². The average molecular weight is 433 g/mol. The molecular weight excluding hydrogens is 419 g/mol. The van der Waals surface area contributed by atoms with Gasteiger partial charge in [-0.25, -0.2) is 12.8 Å². The highest BCUT2D eigenvalue weighted by Gasteiger charge is 2.31. The lowest BCUT2D eigenvalue weighted by molar-refractivity contribution is 0.0698. The number of rotatable bonds is 3. The fourth-order valence-corrected chi connectivity index (χ4v) is 6.06. The Morgan fingerprint density at radius 1 is 1.04 bits per heavy atom. The summed E-state index contributed by atoms with van der Waals surface area (Å²) in [6, 6.07) is 8.62. The second-order valence-corrected chi connectivity index (χ2v) is 9.89. The van der Waals surface area contributed by atoms with Gasteiger partial charge in [-0.3, -0.25) is 4.79 Å². The van der Waals surface area contributed by atoms with Crippen molar-refractivity contribution >= 4 is 43.2 Å². The van der Waals surface area contributed by atoms with E-state index in [0.717, 1.165) is 15.1 Å². The summed E-state index contributed by atoms with van der Waals surface area (Å²) in [5.41, 5.74) is 0.398. The van der Waals surface area contributed by atoms with Gasteiger partial charge in [-0.05, 0) is 52.3 Å². The standard InChI is InChI=1S/C15H14BrFN2O3S2/c16-13-5-6-14(23-13)24(21,22)19-9-7-18(8-10-19)15(20)11-1-3-12(17)4-2-11/h1-6H,7-10H2. The Morgan fingerprint density at radius 3 is 2.21 bits per heavy atom. The summed E-state index contributed by atoms with van der Waals surface area (Å²) in [4.78, 5) is 14.0. The monoisotopic (exact) mass is 432 g/mol. The summed E-state index contributed by atoms with van der Waals surface area (Å²) in [5.74, 6) is -0.615. The fraction of sp³-hybridized carbons (Fsp3) is 0.267. The fourth-order valence-electron chi connectivity index (χ4n) is 2.47. The molecule has 0 bridgehead atoms. The Kier molecular flexibility index (Phi) is 5.05. The van der Waals surface area contributed by atoms with Gasteiger partial charge in [0.1, 0.15) is 10.0 Å². The minimum Gasteiger partial charge on any atom is -0.336 e. The second kappa shape index (κ2) is 6.91. The SMILES string of the molecule is O=C(c1ccc(F)cc1)N1CCN(S(=O)(=O)c2ccc(Br)s2)CC1. The molecule has 0 N–H and O–H groups in total. The van der Waals surface area contributed by atoms with Crippen LogP contribution < -0.4 is 0 Å². The van der Waals surface area contributed by atoms with Gasteiger partial charge < -0.3 is 4.90 Å². The normalized spacial score (nSPS) is 16.3. The zero-order chi connectivity index (χ0) is 17.3. The van der Waals surface area contributed by atoms with Gasteiger partial charge in [-0.2, -0.15) is 4.31 Å². The summed E-state index contributed by atoms with van der Waals surface area (Å²) in [6.45, 7) is 1.10. The lowest BCUT2D eigenvalue weighted by Gasteiger charge is -2.33. The Bertz CT molecular complexity index is 844. The van der Waals surface area contributed by atoms with E-state index < -0.39 is 15.8 Å². The summed E-state index contributed by atoms with van der Waals surface area (Å²) in [6.07, 6.45) is 0. The van der Waals surface area contributed by atoms with Gasteiger partial charge in [0.2, 0.25) is 0 Å². The molecule has 0 atom stereocenters. The molecule has 1 fully saturated rings. The van der Waals surface area contributed by atoms with Gasteiger partial charge in [-0.15, -0.1) is 11.3 Å². The average Bonchev–Trinajstić information content (AvgIpc) is 3.02. The first-order chi connectivity index (χ1) is 11.4. The molecule has 0 unspecified atom stereocenters. The van der Waals surface area contributed by atoms with Gasteiger partial charge >= 0.3 is 0 Å². The van der Waals surface area contributed by atoms with Crippen molar-refractivity contribution in [3.8, 4) is 0 Å². The van der Waals surface area contributed by atoms with Crippen LogP contribution in [0.5, 0.6) is 0 Å². The van der Waals surface area contributed by atoms with Gasteiger partial charge in [0.05, 0.1) is 3.79 Å². The largest absolute Gasteiger partial charge is 0.336 e. The quantitative estimate of drug-likeness (QED) is 0.748. The first kappa shape index (κ1) is 17.5. The van der Waals surface area contributed by atoms with Crippen molar-refractivity contribution in [1.82, 2.24) is 9.21 Å². The number of hydrogen-bond acceptors (Lipinski definition) is 4. The Morgan fingerprint density at radius 2 is 1.67 bits per heavy atom. The third-order valence-electron chi connectivity index (χ3n) is 3.76. The molecule has 3 rings (SSSR count). The minimum atomic E-state index is -3.53. The van der Waals surface area contributed by atoms with Crippen LogP contribution in [-0.4, -0.2) is 49.7 Å². The van der Waals surface area contributed by atoms with Crippen molar-refractivity contribution in [1.29, 1.82) is 0 Å². The molecule has 1 aromatic heterocycles. The molecule has 0 radical (unpaired) electrons. The van der Waals surface area contributed by atoms with Crippen LogP contribution in [0.25, 0.3) is 0 Å². The van der Waals surface area contributed by atoms with E-state index in [-0.39, 0.29) is 23.2 Å². The van der Waals surface area contributed by atoms with E-state index in [1.54, 1.807) is 17.0 Å². The Labute approximate surface area is 151 Å². The van der Waals surface area contributed by atoms with Gasteiger partial charge in [-0.1, -0.05) is 0 Å². The zero-order valence-corrected chi connectivity index (χ0v) is 15.7. The number of hydrogen-bond donors (Lipinski definition) is 0. The number of amides is 1. The molecule has 9 heteroatoms. The molecule has 24 heavy (non-hydrogen) atoms. The maximum Gasteiger partial charge on any atom is 0.253 e. The number of nitrogens with zero attached hydrogens (tertiary/aromatic N) is 2. The molecule has 128 valence electrons. The van der Waals surface area contributed by atoms with Crippen molar-refractivity contribution in [3.63, 3.8) is 0 Å². The molecule has 0 saturated carbocycles. The molecule has 5 nitrogen and oxygen atoms in total. The van der Waals surface area contributed by atoms with E-state index in [4.69, 9.17) is 0 Å². The smallest absolute Gasteiger partial charge is 0.253 e. The second-order valence-electron chi connectivity index (χ2n) is 5.26. The van der Waals surface area contributed by atoms with E-state index in [0.29, 0.717) is 18.7 Å². The number of halogens is 2. The highest BCUT2D eigenvalue weighted by Crippen LogP contribution is 2.29. The first-order valence-electron chi connectivity index (χ1n) is 7.18. The third-order valence-corrected chi connectivity index (χ3v) is 7.75. The summed E-state index contributed by atoms with van der Waals surface area (Å²) in [5, 5.41) is 0. The Hall–Kier alpha value is -1.29. The van der Waals surface area contributed by atoms with E-state index >= 15 is 0 Å². The van der Waals surface area contributed by atoms with Crippen molar-refractivity contribution in [3.05, 3.63) is 51.6 Å². The highest BCUT2D eigenvalue weighted by molar-refractivity contribution is 9.11. The summed E-state index contributed by atoms with van der Waals surface area (Å²) in [7, 11) is -3.53. The van der Waals surface area contributed by atoms with Crippen LogP contribution in [0.1, 0.15) is 10.4 Å². The van der Waals surface area contributed by atoms with E-state index in [1.165, 1.54) is 28.6 Å². The molecule has 2 heterocycles. The highest BCUT2D eigenvalue weighted by atomic mass is 79.9. The lowest BCUT2D eigenvalue weighted by Crippen LogP contribution is -2.50. The van der Waals surface area contributed by atoms with Crippen molar-refractivity contribution in [2.24, 2.45) is 0 Å². The molecule has 1 aliphatic heterocycles. The predicted octanol–water partition coefficient (Wildman–Crippen LogP) is 2.80. The number of piperazine rings is 1. The topological polar surface area (TPSA) is 57.7 Å². The molecule has 1 saturated heterocycles. The molecule has 1 amide bonds. The van der Waals surface area contributed by atoms with Crippen molar-refractivity contribution in [2.75, 3.05) is 26.2 Å². The van der Waals surface area contributed by atoms with Crippen LogP contribution in [0.3, 0.4) is 0 Å². The van der Waals surface area contributed by atoms with Crippen LogP contribution in [0.15, 0.2) is 44.4 Å². The minimum absolute atomic E-state index is 0.217. The van der Waals surface area contributed by atoms with Crippen LogP contribution in [0.4, 0.5) is 4.39 Å². The van der Waals surface area contributed by atoms with E-state index in [9.17, 15) is 17.6 Å². The van der Waals surface area contributed by atoms with E-state index in [2.05, 4.69) is 15.9 Å². The van der Waals surface area contributed by atoms with Crippen molar-refractivity contribution in [2.45, 2.75) is 4.21 Å². The summed E-state index contributed by atoms with van der Waals surface area (Å²) >= 11 is 4.43. The third kappa shape index (κ3) is 3.53. The number of carbonyl (C=O) groups is 1. The zero-order valence-electron chi connectivity index (χ0n) is 12.5. The van der Waals surface area contributed by atoms with Crippen LogP contribution in [-0.2, 0) is 10.0 Å². The number of thiophene rings is 1. The molecule has 0 aliphatic carbocycles. The molecule has 1 aromatic carbocycles. The molecule has 1 aliphatic rings. The number of carbonyl (C=O) groups excluding carboxylic acids is 1. The van der Waals surface area contributed by atoms with Gasteiger partial charge in [0, 0.05) is 31.7 Å². The van der Waals surface area contributed by atoms with Gasteiger partial charge in [0.25, 0.3) is 15.9 Å². The molecule has 2 aromatic rings. The molecule has 0 spiro atoms. The Balaban J connectivity index is 1.67. The molecular formula is C15H14BrFN2O3S2. The predicted molar refractivity (Wildman–Crippen MR) is 93.1 cm³/mol. The maximum absolute atomic E-state index is 12.9. The van der Waals surface area contributed by atoms with Crippen LogP contribution in [0, 0.1) is 5.82 Å². The number of benzene rings is 1. The summed E-state index contributed by atoms with van der Waals surface area (Å²) < 4.78 is 40.5. The van der Waals surface area contributed by atoms with Gasteiger partial charge in [0.15, 0.2) is 0 Å². The number of sulfonamides is 1. The first-order valence-corrected chi connectivity index (χ1v) is 10.2. The maximum atomic E-state index is 12.9. The van der Waals surface area contributed by atoms with Crippen LogP contribution in [0.2, 0.25) is 0 Å². The van der Waals surface area contributed by atoms with Crippen LogP contribution >= 0.6 is 27.3 Å².